The van der Waals surface area contributed by atoms with Crippen molar-refractivity contribution in [3.05, 3.63) is 230 Å². The summed E-state index contributed by atoms with van der Waals surface area (Å²) in [5, 5.41) is 34.5. The Bertz CT molecular complexity index is 4710. The van der Waals surface area contributed by atoms with Gasteiger partial charge in [0.25, 0.3) is 0 Å². The first-order chi connectivity index (χ1) is 34.7. The summed E-state index contributed by atoms with van der Waals surface area (Å²) in [7, 11) is 0. The molecule has 0 bridgehead atoms. The first kappa shape index (κ1) is 38.4. The molecule has 6 nitrogen and oxygen atoms in total. The molecule has 0 fully saturated rings. The summed E-state index contributed by atoms with van der Waals surface area (Å²) in [5.41, 5.74) is 13.2. The molecule has 0 aliphatic heterocycles. The predicted molar refractivity (Wildman–Crippen MR) is 291 cm³/mol. The van der Waals surface area contributed by atoms with Crippen LogP contribution in [0.1, 0.15) is 11.1 Å². The largest absolute Gasteiger partial charge is 0.309 e. The highest BCUT2D eigenvalue weighted by molar-refractivity contribution is 6.24. The first-order valence-electron chi connectivity index (χ1n) is 23.7. The van der Waals surface area contributed by atoms with Crippen LogP contribution in [0.25, 0.3) is 132 Å². The standard InChI is InChI=1S/C64H38N6/c65-37-51-52(38-66)60(70-58-32-28-42(36-50(58)64-44-16-4-2-14-40(44)26-30-62(64)70)68-55-23-11-7-19-47(55)48-20-8-12-24-56(48)68)34-33-59(51)69-57-31-27-41(35-49(57)63-43-15-3-1-13-39(43)25-29-61(63)69)67-53-21-9-5-17-45(53)46-18-6-10-22-54(46)67/h1-37,65H. The van der Waals surface area contributed by atoms with Crippen LogP contribution in [0.4, 0.5) is 0 Å². The molecule has 4 aromatic heterocycles. The fourth-order valence-electron chi connectivity index (χ4n) is 12.0. The van der Waals surface area contributed by atoms with Crippen LogP contribution in [0.3, 0.4) is 0 Å². The Morgan fingerprint density at radius 3 is 1.11 bits per heavy atom. The number of hydrogen-bond acceptors (Lipinski definition) is 2. The van der Waals surface area contributed by atoms with Crippen LogP contribution < -0.4 is 0 Å². The Morgan fingerprint density at radius 2 is 0.686 bits per heavy atom. The van der Waals surface area contributed by atoms with Gasteiger partial charge in [-0.15, -0.1) is 0 Å². The van der Waals surface area contributed by atoms with E-state index in [1.54, 1.807) is 0 Å². The maximum absolute atomic E-state index is 11.4. The van der Waals surface area contributed by atoms with E-state index in [-0.39, 0.29) is 0 Å². The smallest absolute Gasteiger partial charge is 0.102 e. The van der Waals surface area contributed by atoms with E-state index in [2.05, 4.69) is 243 Å². The summed E-state index contributed by atoms with van der Waals surface area (Å²) in [6, 6.07) is 80.6. The number of benzene rings is 11. The van der Waals surface area contributed by atoms with Crippen molar-refractivity contribution in [1.29, 1.82) is 10.7 Å². The zero-order valence-corrected chi connectivity index (χ0v) is 37.6. The number of para-hydroxylation sites is 4. The molecule has 0 spiro atoms. The third-order valence-corrected chi connectivity index (χ3v) is 14.9. The molecule has 0 radical (unpaired) electrons. The Hall–Kier alpha value is -9.70. The van der Waals surface area contributed by atoms with Gasteiger partial charge in [-0.05, 0) is 106 Å². The van der Waals surface area contributed by atoms with Gasteiger partial charge in [-0.25, -0.2) is 0 Å². The minimum Gasteiger partial charge on any atom is -0.309 e. The molecule has 70 heavy (non-hydrogen) atoms. The molecular weight excluding hydrogens is 853 g/mol. The van der Waals surface area contributed by atoms with Crippen LogP contribution in [0.15, 0.2) is 218 Å². The summed E-state index contributed by atoms with van der Waals surface area (Å²) in [6.45, 7) is 0. The van der Waals surface area contributed by atoms with E-state index >= 15 is 0 Å². The van der Waals surface area contributed by atoms with Crippen molar-refractivity contribution in [2.45, 2.75) is 0 Å². The van der Waals surface area contributed by atoms with E-state index in [4.69, 9.17) is 5.41 Å². The van der Waals surface area contributed by atoms with Gasteiger partial charge < -0.3 is 23.7 Å². The number of nitriles is 1. The molecule has 0 saturated heterocycles. The van der Waals surface area contributed by atoms with Crippen LogP contribution in [0.2, 0.25) is 0 Å². The Labute approximate surface area is 400 Å². The fraction of sp³-hybridized carbons (Fsp3) is 0. The van der Waals surface area contributed by atoms with Crippen LogP contribution in [0, 0.1) is 16.7 Å². The second kappa shape index (κ2) is 14.4. The van der Waals surface area contributed by atoms with Crippen LogP contribution >= 0.6 is 0 Å². The molecule has 0 aliphatic rings. The van der Waals surface area contributed by atoms with Gasteiger partial charge in [-0.3, -0.25) is 0 Å². The topological polar surface area (TPSA) is 67.4 Å². The Balaban J connectivity index is 0.992. The molecule has 11 aromatic carbocycles. The predicted octanol–water partition coefficient (Wildman–Crippen LogP) is 16.3. The number of hydrogen-bond donors (Lipinski definition) is 1. The molecule has 4 heterocycles. The second-order valence-corrected chi connectivity index (χ2v) is 18.3. The molecule has 15 aromatic rings. The molecule has 6 heteroatoms. The van der Waals surface area contributed by atoms with E-state index in [9.17, 15) is 5.26 Å². The number of rotatable bonds is 5. The normalized spacial score (nSPS) is 12.0. The van der Waals surface area contributed by atoms with Crippen molar-refractivity contribution in [1.82, 2.24) is 18.3 Å². The molecule has 15 rings (SSSR count). The van der Waals surface area contributed by atoms with E-state index in [1.807, 2.05) is 0 Å². The summed E-state index contributed by atoms with van der Waals surface area (Å²) in [4.78, 5) is 0. The monoisotopic (exact) mass is 890 g/mol. The molecule has 0 unspecified atom stereocenters. The molecule has 324 valence electrons. The van der Waals surface area contributed by atoms with Gasteiger partial charge in [-0.1, -0.05) is 133 Å². The third-order valence-electron chi connectivity index (χ3n) is 14.9. The first-order valence-corrected chi connectivity index (χ1v) is 23.7. The van der Waals surface area contributed by atoms with Crippen molar-refractivity contribution in [3.63, 3.8) is 0 Å². The number of aromatic nitrogens is 4. The molecule has 0 amide bonds. The summed E-state index contributed by atoms with van der Waals surface area (Å²) >= 11 is 0. The van der Waals surface area contributed by atoms with Crippen LogP contribution in [-0.4, -0.2) is 24.5 Å². The SMILES string of the molecule is N#Cc1c(-n2c3ccc(-n4c5ccccc5c5ccccc54)cc3c3c4ccccc4ccc32)ccc(-n2c3ccc(-n4c5ccccc5c5ccccc54)cc3c3c4ccccc4ccc32)c1C=N. The van der Waals surface area contributed by atoms with Gasteiger partial charge in [0.1, 0.15) is 6.07 Å². The maximum atomic E-state index is 11.4. The van der Waals surface area contributed by atoms with Crippen molar-refractivity contribution >= 4 is 115 Å². The lowest BCUT2D eigenvalue weighted by Crippen LogP contribution is -2.06. The highest BCUT2D eigenvalue weighted by Gasteiger charge is 2.25. The second-order valence-electron chi connectivity index (χ2n) is 18.3. The third kappa shape index (κ3) is 5.12. The van der Waals surface area contributed by atoms with E-state index in [1.165, 1.54) is 27.8 Å². The average Bonchev–Trinajstić information content (AvgIpc) is 4.15. The lowest BCUT2D eigenvalue weighted by molar-refractivity contribution is 1.12. The van der Waals surface area contributed by atoms with Gasteiger partial charge in [0.15, 0.2) is 0 Å². The number of fused-ring (bicyclic) bond motifs is 16. The van der Waals surface area contributed by atoms with Crippen molar-refractivity contribution in [2.24, 2.45) is 0 Å². The molecule has 1 N–H and O–H groups in total. The van der Waals surface area contributed by atoms with Crippen molar-refractivity contribution < 1.29 is 0 Å². The summed E-state index contributed by atoms with van der Waals surface area (Å²) in [5.74, 6) is 0. The van der Waals surface area contributed by atoms with Gasteiger partial charge >= 0.3 is 0 Å². The number of nitrogens with zero attached hydrogens (tertiary/aromatic N) is 5. The average molecular weight is 891 g/mol. The highest BCUT2D eigenvalue weighted by Crippen LogP contribution is 2.44. The van der Waals surface area contributed by atoms with E-state index in [0.29, 0.717) is 11.1 Å². The maximum Gasteiger partial charge on any atom is 0.102 e. The zero-order chi connectivity index (χ0) is 46.2. The Kier molecular flexibility index (Phi) is 7.90. The van der Waals surface area contributed by atoms with Gasteiger partial charge in [0, 0.05) is 66.2 Å². The van der Waals surface area contributed by atoms with E-state index < -0.39 is 0 Å². The van der Waals surface area contributed by atoms with E-state index in [0.717, 1.165) is 110 Å². The lowest BCUT2D eigenvalue weighted by atomic mass is 10.0. The minimum atomic E-state index is 0.434. The van der Waals surface area contributed by atoms with Crippen LogP contribution in [0.5, 0.6) is 0 Å². The van der Waals surface area contributed by atoms with Gasteiger partial charge in [0.2, 0.25) is 0 Å². The Morgan fingerprint density at radius 1 is 0.329 bits per heavy atom. The highest BCUT2D eigenvalue weighted by atomic mass is 15.0. The molecule has 0 aliphatic carbocycles. The number of nitrogens with one attached hydrogen (secondary N) is 1. The summed E-state index contributed by atoms with van der Waals surface area (Å²) in [6.07, 6.45) is 1.37. The lowest BCUT2D eigenvalue weighted by Gasteiger charge is -2.17. The fourth-order valence-corrected chi connectivity index (χ4v) is 12.0. The minimum absolute atomic E-state index is 0.434. The molecule has 0 saturated carbocycles. The molecule has 0 atom stereocenters. The van der Waals surface area contributed by atoms with Crippen molar-refractivity contribution in [2.75, 3.05) is 0 Å². The summed E-state index contributed by atoms with van der Waals surface area (Å²) < 4.78 is 9.22. The van der Waals surface area contributed by atoms with Crippen LogP contribution in [-0.2, 0) is 0 Å². The zero-order valence-electron chi connectivity index (χ0n) is 37.6. The van der Waals surface area contributed by atoms with Gasteiger partial charge in [-0.2, -0.15) is 5.26 Å². The quantitative estimate of drug-likeness (QED) is 0.172. The van der Waals surface area contributed by atoms with Gasteiger partial charge in [0.05, 0.1) is 61.1 Å². The van der Waals surface area contributed by atoms with Crippen molar-refractivity contribution in [3.8, 4) is 28.8 Å². The molecular formula is C64H38N6.